The van der Waals surface area contributed by atoms with Gasteiger partial charge >= 0.3 is 0 Å². The van der Waals surface area contributed by atoms with E-state index < -0.39 is 5.60 Å². The molecule has 1 aliphatic rings. The van der Waals surface area contributed by atoms with Crippen molar-refractivity contribution in [3.8, 4) is 0 Å². The topological polar surface area (TPSA) is 20.2 Å². The Morgan fingerprint density at radius 1 is 0.700 bits per heavy atom. The highest BCUT2D eigenvalue weighted by Gasteiger charge is 2.37. The lowest BCUT2D eigenvalue weighted by molar-refractivity contribution is 0.0498. The Kier molecular flexibility index (Phi) is 2.45. The second-order valence-electron chi connectivity index (χ2n) is 5.68. The number of aliphatic hydroxyl groups is 1. The molecule has 0 saturated carbocycles. The maximum Gasteiger partial charge on any atom is 0.0983 e. The van der Waals surface area contributed by atoms with Gasteiger partial charge in [-0.3, -0.25) is 0 Å². The van der Waals surface area contributed by atoms with Crippen LogP contribution in [0.5, 0.6) is 0 Å². The molecule has 20 heavy (non-hydrogen) atoms. The highest BCUT2D eigenvalue weighted by atomic mass is 16.3. The Morgan fingerprint density at radius 2 is 1.30 bits per heavy atom. The molecule has 0 radical (unpaired) electrons. The Labute approximate surface area is 118 Å². The van der Waals surface area contributed by atoms with Gasteiger partial charge in [-0.25, -0.2) is 0 Å². The van der Waals surface area contributed by atoms with Gasteiger partial charge in [-0.1, -0.05) is 66.7 Å². The Balaban J connectivity index is 1.89. The fraction of sp³-hybridized carbons (Fsp3) is 0.158. The molecule has 0 heterocycles. The van der Waals surface area contributed by atoms with Crippen molar-refractivity contribution < 1.29 is 5.11 Å². The lowest BCUT2D eigenvalue weighted by Gasteiger charge is -2.24. The number of fused-ring (bicyclic) bond motifs is 2. The van der Waals surface area contributed by atoms with Crippen LogP contribution in [0.15, 0.2) is 66.7 Å². The molecule has 0 aromatic heterocycles. The Hall–Kier alpha value is -2.12. The van der Waals surface area contributed by atoms with E-state index in [1.165, 1.54) is 16.5 Å². The van der Waals surface area contributed by atoms with Gasteiger partial charge in [-0.15, -0.1) is 0 Å². The van der Waals surface area contributed by atoms with Crippen molar-refractivity contribution in [2.45, 2.75) is 18.4 Å². The standard InChI is InChI=1S/C19H16O/c20-19(12-15-7-1-2-8-16(15)13-19)18-11-5-9-14-6-3-4-10-17(14)18/h1-11,20H,12-13H2. The van der Waals surface area contributed by atoms with Gasteiger partial charge in [0.15, 0.2) is 0 Å². The van der Waals surface area contributed by atoms with Crippen molar-refractivity contribution in [3.63, 3.8) is 0 Å². The van der Waals surface area contributed by atoms with Gasteiger partial charge in [0.05, 0.1) is 5.60 Å². The maximum atomic E-state index is 11.2. The van der Waals surface area contributed by atoms with Crippen molar-refractivity contribution in [2.24, 2.45) is 0 Å². The van der Waals surface area contributed by atoms with Crippen molar-refractivity contribution in [1.29, 1.82) is 0 Å². The van der Waals surface area contributed by atoms with Gasteiger partial charge in [-0.2, -0.15) is 0 Å². The third kappa shape index (κ3) is 1.67. The summed E-state index contributed by atoms with van der Waals surface area (Å²) in [6.45, 7) is 0. The maximum absolute atomic E-state index is 11.2. The molecule has 98 valence electrons. The largest absolute Gasteiger partial charge is 0.384 e. The van der Waals surface area contributed by atoms with Crippen molar-refractivity contribution in [3.05, 3.63) is 83.4 Å². The van der Waals surface area contributed by atoms with Crippen LogP contribution in [0.2, 0.25) is 0 Å². The normalized spacial score (nSPS) is 16.2. The van der Waals surface area contributed by atoms with Crippen LogP contribution >= 0.6 is 0 Å². The fourth-order valence-corrected chi connectivity index (χ4v) is 3.42. The first kappa shape index (κ1) is 11.7. The molecule has 0 unspecified atom stereocenters. The molecule has 1 heteroatoms. The minimum Gasteiger partial charge on any atom is -0.384 e. The number of rotatable bonds is 1. The lowest BCUT2D eigenvalue weighted by Crippen LogP contribution is -2.26. The van der Waals surface area contributed by atoms with E-state index in [2.05, 4.69) is 36.4 Å². The van der Waals surface area contributed by atoms with Crippen LogP contribution in [-0.2, 0) is 18.4 Å². The molecule has 3 aromatic carbocycles. The van der Waals surface area contributed by atoms with Gasteiger partial charge in [-0.05, 0) is 27.5 Å². The second kappa shape index (κ2) is 4.19. The molecule has 0 spiro atoms. The molecule has 1 nitrogen and oxygen atoms in total. The van der Waals surface area contributed by atoms with Crippen LogP contribution in [0, 0.1) is 0 Å². The predicted molar refractivity (Wildman–Crippen MR) is 81.7 cm³/mol. The Morgan fingerprint density at radius 3 is 2.05 bits per heavy atom. The molecule has 1 aliphatic carbocycles. The molecule has 0 amide bonds. The number of hydrogen-bond donors (Lipinski definition) is 1. The van der Waals surface area contributed by atoms with Crippen LogP contribution in [0.3, 0.4) is 0 Å². The second-order valence-corrected chi connectivity index (χ2v) is 5.68. The molecule has 0 atom stereocenters. The van der Waals surface area contributed by atoms with Crippen LogP contribution in [0.4, 0.5) is 0 Å². The van der Waals surface area contributed by atoms with Gasteiger partial charge in [0, 0.05) is 12.8 Å². The highest BCUT2D eigenvalue weighted by Crippen LogP contribution is 2.40. The van der Waals surface area contributed by atoms with Crippen LogP contribution < -0.4 is 0 Å². The average molecular weight is 260 g/mol. The third-order valence-corrected chi connectivity index (χ3v) is 4.38. The van der Waals surface area contributed by atoms with Crippen molar-refractivity contribution >= 4 is 10.8 Å². The zero-order chi connectivity index (χ0) is 13.6. The van der Waals surface area contributed by atoms with E-state index in [9.17, 15) is 5.11 Å². The minimum absolute atomic E-state index is 0.706. The summed E-state index contributed by atoms with van der Waals surface area (Å²) in [5.41, 5.74) is 2.81. The minimum atomic E-state index is -0.773. The summed E-state index contributed by atoms with van der Waals surface area (Å²) in [6, 6.07) is 22.8. The van der Waals surface area contributed by atoms with Gasteiger partial charge in [0.1, 0.15) is 0 Å². The summed E-state index contributed by atoms with van der Waals surface area (Å²) in [4.78, 5) is 0. The zero-order valence-electron chi connectivity index (χ0n) is 11.2. The fourth-order valence-electron chi connectivity index (χ4n) is 3.42. The molecule has 0 saturated heterocycles. The number of hydrogen-bond acceptors (Lipinski definition) is 1. The predicted octanol–water partition coefficient (Wildman–Crippen LogP) is 3.83. The molecule has 0 aliphatic heterocycles. The summed E-state index contributed by atoms with van der Waals surface area (Å²) >= 11 is 0. The van der Waals surface area contributed by atoms with E-state index in [-0.39, 0.29) is 0 Å². The van der Waals surface area contributed by atoms with Gasteiger partial charge < -0.3 is 5.11 Å². The summed E-state index contributed by atoms with van der Waals surface area (Å²) in [5, 5.41) is 13.5. The van der Waals surface area contributed by atoms with E-state index in [0.717, 1.165) is 10.9 Å². The molecule has 0 fully saturated rings. The highest BCUT2D eigenvalue weighted by molar-refractivity contribution is 5.86. The monoisotopic (exact) mass is 260 g/mol. The molecule has 0 bridgehead atoms. The van der Waals surface area contributed by atoms with E-state index in [1.54, 1.807) is 0 Å². The quantitative estimate of drug-likeness (QED) is 0.705. The SMILES string of the molecule is OC1(c2cccc3ccccc23)Cc2ccccc2C1. The molecule has 1 N–H and O–H groups in total. The summed E-state index contributed by atoms with van der Waals surface area (Å²) in [5.74, 6) is 0. The first-order valence-electron chi connectivity index (χ1n) is 7.04. The van der Waals surface area contributed by atoms with Crippen molar-refractivity contribution in [2.75, 3.05) is 0 Å². The van der Waals surface area contributed by atoms with E-state index in [4.69, 9.17) is 0 Å². The molecule has 4 rings (SSSR count). The average Bonchev–Trinajstić information content (AvgIpc) is 2.84. The van der Waals surface area contributed by atoms with Gasteiger partial charge in [0.25, 0.3) is 0 Å². The first-order valence-corrected chi connectivity index (χ1v) is 7.04. The third-order valence-electron chi connectivity index (χ3n) is 4.38. The molecular weight excluding hydrogens is 244 g/mol. The van der Waals surface area contributed by atoms with Crippen molar-refractivity contribution in [1.82, 2.24) is 0 Å². The van der Waals surface area contributed by atoms with E-state index >= 15 is 0 Å². The summed E-state index contributed by atoms with van der Waals surface area (Å²) < 4.78 is 0. The summed E-state index contributed by atoms with van der Waals surface area (Å²) in [6.07, 6.45) is 1.41. The van der Waals surface area contributed by atoms with Crippen LogP contribution in [0.1, 0.15) is 16.7 Å². The van der Waals surface area contributed by atoms with Gasteiger partial charge in [0.2, 0.25) is 0 Å². The molecule has 3 aromatic rings. The van der Waals surface area contributed by atoms with Crippen LogP contribution in [0.25, 0.3) is 10.8 Å². The smallest absolute Gasteiger partial charge is 0.0983 e. The van der Waals surface area contributed by atoms with Crippen LogP contribution in [-0.4, -0.2) is 5.11 Å². The lowest BCUT2D eigenvalue weighted by atomic mass is 9.87. The summed E-state index contributed by atoms with van der Waals surface area (Å²) in [7, 11) is 0. The first-order chi connectivity index (χ1) is 9.76. The Bertz CT molecular complexity index is 758. The van der Waals surface area contributed by atoms with E-state index in [1.807, 2.05) is 30.3 Å². The van der Waals surface area contributed by atoms with E-state index in [0.29, 0.717) is 12.8 Å². The zero-order valence-corrected chi connectivity index (χ0v) is 11.2. The number of benzene rings is 3. The molecular formula is C19H16O.